The van der Waals surface area contributed by atoms with Gasteiger partial charge in [0.15, 0.2) is 0 Å². The zero-order chi connectivity index (χ0) is 12.7. The first-order valence-electron chi connectivity index (χ1n) is 5.94. The number of carbonyl (C=O) groups is 1. The van der Waals surface area contributed by atoms with Gasteiger partial charge in [-0.25, -0.2) is 0 Å². The Morgan fingerprint density at radius 1 is 1.35 bits per heavy atom. The lowest BCUT2D eigenvalue weighted by Crippen LogP contribution is -2.47. The molecule has 1 fully saturated rings. The van der Waals surface area contributed by atoms with Gasteiger partial charge >= 0.3 is 0 Å². The molecular weight excluding hydrogens is 216 g/mol. The standard InChI is InChI=1S/C12H20N4O/c1-7-11(8(2)16(4)14-7)12-9(13)5-6-10(17)15(12)3/h9,12H,5-6,13H2,1-4H3. The number of likely N-dealkylation sites (N-methyl/N-ethyl adjacent to an activating group) is 1. The molecule has 0 bridgehead atoms. The van der Waals surface area contributed by atoms with Crippen LogP contribution in [-0.2, 0) is 11.8 Å². The molecular formula is C12H20N4O. The molecule has 0 spiro atoms. The number of hydrogen-bond acceptors (Lipinski definition) is 3. The molecule has 17 heavy (non-hydrogen) atoms. The third-order valence-corrected chi connectivity index (χ3v) is 3.77. The van der Waals surface area contributed by atoms with Gasteiger partial charge in [0.1, 0.15) is 0 Å². The maximum absolute atomic E-state index is 11.8. The minimum Gasteiger partial charge on any atom is -0.337 e. The van der Waals surface area contributed by atoms with Crippen LogP contribution in [0.2, 0.25) is 0 Å². The third-order valence-electron chi connectivity index (χ3n) is 3.77. The molecule has 0 aliphatic carbocycles. The summed E-state index contributed by atoms with van der Waals surface area (Å²) in [5.41, 5.74) is 9.34. The van der Waals surface area contributed by atoms with Crippen LogP contribution in [-0.4, -0.2) is 33.7 Å². The molecule has 2 N–H and O–H groups in total. The Morgan fingerprint density at radius 2 is 2.00 bits per heavy atom. The molecule has 1 saturated heterocycles. The first kappa shape index (κ1) is 12.1. The second-order valence-corrected chi connectivity index (χ2v) is 4.86. The Morgan fingerprint density at radius 3 is 2.53 bits per heavy atom. The van der Waals surface area contributed by atoms with Gasteiger partial charge in [0, 0.05) is 37.8 Å². The predicted octanol–water partition coefficient (Wildman–Crippen LogP) is 0.658. The first-order valence-corrected chi connectivity index (χ1v) is 5.94. The van der Waals surface area contributed by atoms with Gasteiger partial charge in [0.25, 0.3) is 0 Å². The Bertz CT molecular complexity index is 452. The van der Waals surface area contributed by atoms with Crippen molar-refractivity contribution in [2.45, 2.75) is 38.8 Å². The number of piperidine rings is 1. The lowest BCUT2D eigenvalue weighted by molar-refractivity contribution is -0.135. The Labute approximate surface area is 102 Å². The van der Waals surface area contributed by atoms with E-state index in [2.05, 4.69) is 5.10 Å². The fourth-order valence-corrected chi connectivity index (χ4v) is 2.69. The van der Waals surface area contributed by atoms with E-state index in [0.717, 1.165) is 23.4 Å². The van der Waals surface area contributed by atoms with Gasteiger partial charge in [-0.2, -0.15) is 5.10 Å². The van der Waals surface area contributed by atoms with E-state index in [9.17, 15) is 4.79 Å². The van der Waals surface area contributed by atoms with E-state index in [1.165, 1.54) is 0 Å². The van der Waals surface area contributed by atoms with E-state index in [0.29, 0.717) is 6.42 Å². The van der Waals surface area contributed by atoms with Crippen LogP contribution in [0.5, 0.6) is 0 Å². The fraction of sp³-hybridized carbons (Fsp3) is 0.667. The molecule has 2 heterocycles. The van der Waals surface area contributed by atoms with Gasteiger partial charge in [-0.1, -0.05) is 0 Å². The number of carbonyl (C=O) groups excluding carboxylic acids is 1. The van der Waals surface area contributed by atoms with Crippen molar-refractivity contribution in [1.82, 2.24) is 14.7 Å². The molecule has 1 amide bonds. The smallest absolute Gasteiger partial charge is 0.222 e. The average molecular weight is 236 g/mol. The normalized spacial score (nSPS) is 25.5. The number of aryl methyl sites for hydroxylation is 2. The molecule has 94 valence electrons. The summed E-state index contributed by atoms with van der Waals surface area (Å²) in [6, 6.07) is -0.0377. The van der Waals surface area contributed by atoms with E-state index in [4.69, 9.17) is 5.73 Å². The lowest BCUT2D eigenvalue weighted by Gasteiger charge is -2.37. The van der Waals surface area contributed by atoms with Crippen LogP contribution in [0, 0.1) is 13.8 Å². The van der Waals surface area contributed by atoms with Crippen molar-refractivity contribution >= 4 is 5.91 Å². The summed E-state index contributed by atoms with van der Waals surface area (Å²) >= 11 is 0. The topological polar surface area (TPSA) is 64.2 Å². The zero-order valence-electron chi connectivity index (χ0n) is 10.9. The summed E-state index contributed by atoms with van der Waals surface area (Å²) < 4.78 is 1.85. The second kappa shape index (κ2) is 4.14. The van der Waals surface area contributed by atoms with Crippen LogP contribution in [0.15, 0.2) is 0 Å². The highest BCUT2D eigenvalue weighted by Crippen LogP contribution is 2.33. The van der Waals surface area contributed by atoms with Crippen molar-refractivity contribution in [2.75, 3.05) is 7.05 Å². The quantitative estimate of drug-likeness (QED) is 0.779. The summed E-state index contributed by atoms with van der Waals surface area (Å²) in [4.78, 5) is 13.6. The van der Waals surface area contributed by atoms with Crippen molar-refractivity contribution in [3.63, 3.8) is 0 Å². The number of rotatable bonds is 1. The third kappa shape index (κ3) is 1.84. The van der Waals surface area contributed by atoms with Gasteiger partial charge in [-0.15, -0.1) is 0 Å². The molecule has 2 atom stereocenters. The van der Waals surface area contributed by atoms with Crippen molar-refractivity contribution < 1.29 is 4.79 Å². The second-order valence-electron chi connectivity index (χ2n) is 4.86. The number of aromatic nitrogens is 2. The highest BCUT2D eigenvalue weighted by Gasteiger charge is 2.35. The fourth-order valence-electron chi connectivity index (χ4n) is 2.69. The van der Waals surface area contributed by atoms with E-state index in [1.807, 2.05) is 32.6 Å². The summed E-state index contributed by atoms with van der Waals surface area (Å²) in [7, 11) is 3.75. The van der Waals surface area contributed by atoms with Gasteiger partial charge in [-0.05, 0) is 20.3 Å². The van der Waals surface area contributed by atoms with Crippen molar-refractivity contribution in [2.24, 2.45) is 12.8 Å². The van der Waals surface area contributed by atoms with Gasteiger partial charge < -0.3 is 10.6 Å². The molecule has 1 aliphatic rings. The molecule has 5 heteroatoms. The van der Waals surface area contributed by atoms with Crippen LogP contribution in [0.1, 0.15) is 35.8 Å². The summed E-state index contributed by atoms with van der Waals surface area (Å²) in [6.07, 6.45) is 1.30. The van der Waals surface area contributed by atoms with E-state index >= 15 is 0 Å². The van der Waals surface area contributed by atoms with E-state index < -0.39 is 0 Å². The summed E-state index contributed by atoms with van der Waals surface area (Å²) in [5, 5.41) is 4.40. The number of likely N-dealkylation sites (tertiary alicyclic amines) is 1. The van der Waals surface area contributed by atoms with Gasteiger partial charge in [0.2, 0.25) is 5.91 Å². The van der Waals surface area contributed by atoms with Crippen molar-refractivity contribution in [3.8, 4) is 0 Å². The average Bonchev–Trinajstić information content (AvgIpc) is 2.51. The molecule has 0 radical (unpaired) electrons. The van der Waals surface area contributed by atoms with Crippen LogP contribution in [0.3, 0.4) is 0 Å². The highest BCUT2D eigenvalue weighted by atomic mass is 16.2. The summed E-state index contributed by atoms with van der Waals surface area (Å²) in [6.45, 7) is 4.00. The van der Waals surface area contributed by atoms with Crippen LogP contribution in [0.25, 0.3) is 0 Å². The van der Waals surface area contributed by atoms with Gasteiger partial charge in [-0.3, -0.25) is 9.48 Å². The Kier molecular flexibility index (Phi) is 2.95. The Hall–Kier alpha value is -1.36. The van der Waals surface area contributed by atoms with Crippen LogP contribution < -0.4 is 5.73 Å². The molecule has 1 aromatic heterocycles. The minimum absolute atomic E-state index is 0.000648. The molecule has 5 nitrogen and oxygen atoms in total. The van der Waals surface area contributed by atoms with E-state index in [-0.39, 0.29) is 18.0 Å². The lowest BCUT2D eigenvalue weighted by atomic mass is 9.90. The van der Waals surface area contributed by atoms with Gasteiger partial charge in [0.05, 0.1) is 11.7 Å². The SMILES string of the molecule is Cc1nn(C)c(C)c1C1C(N)CCC(=O)N1C. The van der Waals surface area contributed by atoms with Crippen LogP contribution >= 0.6 is 0 Å². The molecule has 1 aliphatic heterocycles. The van der Waals surface area contributed by atoms with E-state index in [1.54, 1.807) is 4.90 Å². The first-order chi connectivity index (χ1) is 7.93. The largest absolute Gasteiger partial charge is 0.337 e. The van der Waals surface area contributed by atoms with Crippen LogP contribution in [0.4, 0.5) is 0 Å². The molecule has 2 unspecified atom stereocenters. The highest BCUT2D eigenvalue weighted by molar-refractivity contribution is 5.77. The molecule has 1 aromatic rings. The maximum atomic E-state index is 11.8. The molecule has 0 saturated carbocycles. The maximum Gasteiger partial charge on any atom is 0.222 e. The summed E-state index contributed by atoms with van der Waals surface area (Å²) in [5.74, 6) is 0.166. The Balaban J connectivity index is 2.46. The number of nitrogens with zero attached hydrogens (tertiary/aromatic N) is 3. The van der Waals surface area contributed by atoms with Crippen molar-refractivity contribution in [1.29, 1.82) is 0 Å². The molecule has 2 rings (SSSR count). The zero-order valence-corrected chi connectivity index (χ0v) is 10.9. The number of hydrogen-bond donors (Lipinski definition) is 1. The number of amides is 1. The predicted molar refractivity (Wildman–Crippen MR) is 65.4 cm³/mol. The van der Waals surface area contributed by atoms with Crippen molar-refractivity contribution in [3.05, 3.63) is 17.0 Å². The monoisotopic (exact) mass is 236 g/mol. The molecule has 0 aromatic carbocycles. The number of nitrogens with two attached hydrogens (primary N) is 1. The minimum atomic E-state index is -0.0371.